The summed E-state index contributed by atoms with van der Waals surface area (Å²) in [4.78, 5) is 19.7. The minimum atomic E-state index is -0.851. The van der Waals surface area contributed by atoms with E-state index in [-0.39, 0.29) is 0 Å². The molecule has 1 N–H and O–H groups in total. The second kappa shape index (κ2) is 11.6. The fraction of sp³-hybridized carbons (Fsp3) is 0.500. The number of aliphatic carboxylic acids is 1. The topological polar surface area (TPSA) is 63.1 Å². The maximum atomic E-state index is 10.5. The Morgan fingerprint density at radius 1 is 1.07 bits per heavy atom. The maximum absolute atomic E-state index is 10.5. The molecule has 0 atom stereocenters. The molecule has 4 heteroatoms. The molecule has 1 aromatic heterocycles. The Hall–Kier alpha value is -2.49. The van der Waals surface area contributed by atoms with Gasteiger partial charge in [-0.2, -0.15) is 0 Å². The third kappa shape index (κ3) is 6.79. The third-order valence-corrected chi connectivity index (χ3v) is 6.26. The number of hydrogen-bond donors (Lipinski definition) is 1. The monoisotopic (exact) mass is 406 g/mol. The Labute approximate surface area is 180 Å². The van der Waals surface area contributed by atoms with Crippen LogP contribution in [0, 0.1) is 5.92 Å². The number of hydrogen-bond acceptors (Lipinski definition) is 3. The van der Waals surface area contributed by atoms with Gasteiger partial charge >= 0.3 is 5.97 Å². The highest BCUT2D eigenvalue weighted by molar-refractivity contribution is 5.79. The van der Waals surface area contributed by atoms with Crippen molar-refractivity contribution >= 4 is 5.97 Å². The first-order valence-corrected chi connectivity index (χ1v) is 11.5. The van der Waals surface area contributed by atoms with E-state index in [0.29, 0.717) is 5.92 Å². The van der Waals surface area contributed by atoms with Crippen LogP contribution >= 0.6 is 0 Å². The zero-order valence-electron chi connectivity index (χ0n) is 18.1. The van der Waals surface area contributed by atoms with Crippen molar-refractivity contribution in [1.82, 2.24) is 9.97 Å². The highest BCUT2D eigenvalue weighted by atomic mass is 16.4. The number of carboxylic acid groups (broad SMARTS) is 1. The molecule has 0 spiro atoms. The molecule has 4 nitrogen and oxygen atoms in total. The van der Waals surface area contributed by atoms with E-state index in [1.165, 1.54) is 62.1 Å². The lowest BCUT2D eigenvalue weighted by molar-refractivity contribution is -0.131. The number of carbonyl (C=O) groups is 1. The second-order valence-corrected chi connectivity index (χ2v) is 8.53. The van der Waals surface area contributed by atoms with Crippen molar-refractivity contribution in [3.8, 4) is 11.4 Å². The van der Waals surface area contributed by atoms with Crippen molar-refractivity contribution in [2.24, 2.45) is 5.92 Å². The number of carboxylic acids is 1. The minimum Gasteiger partial charge on any atom is -0.478 e. The minimum absolute atomic E-state index is 0.631. The number of benzene rings is 1. The van der Waals surface area contributed by atoms with E-state index in [1.807, 2.05) is 12.4 Å². The first kappa shape index (κ1) is 22.2. The van der Waals surface area contributed by atoms with E-state index >= 15 is 0 Å². The van der Waals surface area contributed by atoms with Crippen LogP contribution in [0.4, 0.5) is 0 Å². The lowest BCUT2D eigenvalue weighted by Gasteiger charge is -2.28. The molecule has 0 bridgehead atoms. The predicted octanol–water partition coefficient (Wildman–Crippen LogP) is 6.57. The summed E-state index contributed by atoms with van der Waals surface area (Å²) in [5.74, 6) is 1.31. The SMILES string of the molecule is CCCCCc1cnc(-c2ccc([C@H]3CC[C@H](CC/C=C/C(=O)O)CC3)cc2)nc1. The van der Waals surface area contributed by atoms with Crippen molar-refractivity contribution in [3.05, 3.63) is 59.9 Å². The van der Waals surface area contributed by atoms with Crippen LogP contribution < -0.4 is 0 Å². The van der Waals surface area contributed by atoms with Gasteiger partial charge in [0.05, 0.1) is 0 Å². The molecule has 1 aromatic carbocycles. The molecule has 1 heterocycles. The number of nitrogens with zero attached hydrogens (tertiary/aromatic N) is 2. The van der Waals surface area contributed by atoms with Gasteiger partial charge in [0.25, 0.3) is 0 Å². The van der Waals surface area contributed by atoms with Gasteiger partial charge in [-0.05, 0) is 74.3 Å². The van der Waals surface area contributed by atoms with Gasteiger partial charge in [-0.3, -0.25) is 0 Å². The van der Waals surface area contributed by atoms with Gasteiger partial charge in [-0.1, -0.05) is 50.1 Å². The molecule has 0 unspecified atom stereocenters. The number of rotatable bonds is 10. The van der Waals surface area contributed by atoms with Crippen LogP contribution in [0.3, 0.4) is 0 Å². The number of aryl methyl sites for hydroxylation is 1. The molecule has 0 saturated heterocycles. The standard InChI is InChI=1S/C26H34N2O2/c1-2-3-4-8-21-18-27-26(28-19-21)24-16-14-23(15-17-24)22-12-10-20(11-13-22)7-5-6-9-25(29)30/h6,9,14-20,22H,2-5,7-8,10-13H2,1H3,(H,29,30)/b9-6+/t20-,22-. The van der Waals surface area contributed by atoms with Gasteiger partial charge in [-0.25, -0.2) is 14.8 Å². The number of aromatic nitrogens is 2. The summed E-state index contributed by atoms with van der Waals surface area (Å²) in [7, 11) is 0. The van der Waals surface area contributed by atoms with E-state index < -0.39 is 5.97 Å². The summed E-state index contributed by atoms with van der Waals surface area (Å²) >= 11 is 0. The Morgan fingerprint density at radius 3 is 2.40 bits per heavy atom. The molecular formula is C26H34N2O2. The van der Waals surface area contributed by atoms with Gasteiger partial charge in [-0.15, -0.1) is 0 Å². The molecule has 1 aliphatic carbocycles. The lowest BCUT2D eigenvalue weighted by Crippen LogP contribution is -2.13. The van der Waals surface area contributed by atoms with Gasteiger partial charge in [0, 0.05) is 24.0 Å². The zero-order chi connectivity index (χ0) is 21.2. The normalized spacial score (nSPS) is 19.2. The molecule has 1 saturated carbocycles. The Balaban J connectivity index is 1.48. The second-order valence-electron chi connectivity index (χ2n) is 8.53. The van der Waals surface area contributed by atoms with Crippen molar-refractivity contribution in [1.29, 1.82) is 0 Å². The van der Waals surface area contributed by atoms with E-state index in [0.717, 1.165) is 36.6 Å². The van der Waals surface area contributed by atoms with Crippen LogP contribution in [0.25, 0.3) is 11.4 Å². The van der Waals surface area contributed by atoms with E-state index in [4.69, 9.17) is 5.11 Å². The molecular weight excluding hydrogens is 372 g/mol. The zero-order valence-corrected chi connectivity index (χ0v) is 18.1. The summed E-state index contributed by atoms with van der Waals surface area (Å²) < 4.78 is 0. The first-order valence-electron chi connectivity index (χ1n) is 11.5. The summed E-state index contributed by atoms with van der Waals surface area (Å²) in [6.07, 6.45) is 18.6. The van der Waals surface area contributed by atoms with E-state index in [1.54, 1.807) is 6.08 Å². The maximum Gasteiger partial charge on any atom is 0.327 e. The Bertz CT molecular complexity index is 804. The van der Waals surface area contributed by atoms with Gasteiger partial charge in [0.15, 0.2) is 5.82 Å². The Kier molecular flexibility index (Phi) is 8.61. The fourth-order valence-corrected chi connectivity index (χ4v) is 4.42. The van der Waals surface area contributed by atoms with Crippen LogP contribution in [-0.2, 0) is 11.2 Å². The van der Waals surface area contributed by atoms with E-state index in [2.05, 4.69) is 41.2 Å². The van der Waals surface area contributed by atoms with Crippen LogP contribution in [0.5, 0.6) is 0 Å². The summed E-state index contributed by atoms with van der Waals surface area (Å²) in [5, 5.41) is 8.66. The van der Waals surface area contributed by atoms with Crippen LogP contribution in [-0.4, -0.2) is 21.0 Å². The summed E-state index contributed by atoms with van der Waals surface area (Å²) in [6.45, 7) is 2.22. The molecule has 2 aromatic rings. The van der Waals surface area contributed by atoms with Crippen LogP contribution in [0.2, 0.25) is 0 Å². The molecule has 1 aliphatic rings. The van der Waals surface area contributed by atoms with Gasteiger partial charge in [0.2, 0.25) is 0 Å². The quantitative estimate of drug-likeness (QED) is 0.358. The van der Waals surface area contributed by atoms with Crippen molar-refractivity contribution in [2.45, 2.75) is 77.0 Å². The smallest absolute Gasteiger partial charge is 0.327 e. The van der Waals surface area contributed by atoms with Crippen molar-refractivity contribution in [2.75, 3.05) is 0 Å². The molecule has 3 rings (SSSR count). The fourth-order valence-electron chi connectivity index (χ4n) is 4.42. The average molecular weight is 407 g/mol. The molecule has 0 aliphatic heterocycles. The lowest BCUT2D eigenvalue weighted by atomic mass is 9.77. The largest absolute Gasteiger partial charge is 0.478 e. The highest BCUT2D eigenvalue weighted by Gasteiger charge is 2.22. The van der Waals surface area contributed by atoms with Crippen LogP contribution in [0.15, 0.2) is 48.8 Å². The number of unbranched alkanes of at least 4 members (excludes halogenated alkanes) is 2. The average Bonchev–Trinajstić information content (AvgIpc) is 2.78. The van der Waals surface area contributed by atoms with Crippen molar-refractivity contribution in [3.63, 3.8) is 0 Å². The van der Waals surface area contributed by atoms with Crippen LogP contribution in [0.1, 0.15) is 81.8 Å². The first-order chi connectivity index (χ1) is 14.7. The number of allylic oxidation sites excluding steroid dienone is 1. The summed E-state index contributed by atoms with van der Waals surface area (Å²) in [6, 6.07) is 8.80. The molecule has 1 fully saturated rings. The molecule has 30 heavy (non-hydrogen) atoms. The molecule has 160 valence electrons. The third-order valence-electron chi connectivity index (χ3n) is 6.26. The molecule has 0 amide bonds. The highest BCUT2D eigenvalue weighted by Crippen LogP contribution is 2.37. The van der Waals surface area contributed by atoms with Crippen molar-refractivity contribution < 1.29 is 9.90 Å². The Morgan fingerprint density at radius 2 is 1.77 bits per heavy atom. The van der Waals surface area contributed by atoms with E-state index in [9.17, 15) is 4.79 Å². The molecule has 0 radical (unpaired) electrons. The van der Waals surface area contributed by atoms with Gasteiger partial charge in [0.1, 0.15) is 0 Å². The van der Waals surface area contributed by atoms with Gasteiger partial charge < -0.3 is 5.11 Å². The summed E-state index contributed by atoms with van der Waals surface area (Å²) in [5.41, 5.74) is 3.72. The predicted molar refractivity (Wildman–Crippen MR) is 121 cm³/mol.